The van der Waals surface area contributed by atoms with Gasteiger partial charge in [-0.05, 0) is 43.2 Å². The van der Waals surface area contributed by atoms with Crippen molar-refractivity contribution >= 4 is 23.3 Å². The van der Waals surface area contributed by atoms with Crippen molar-refractivity contribution in [2.24, 2.45) is 0 Å². The van der Waals surface area contributed by atoms with E-state index in [2.05, 4.69) is 15.6 Å². The molecule has 2 aromatic rings. The molecule has 0 bridgehead atoms. The highest BCUT2D eigenvalue weighted by Crippen LogP contribution is 2.28. The molecule has 0 spiro atoms. The molecule has 134 valence electrons. The van der Waals surface area contributed by atoms with Crippen LogP contribution in [0.3, 0.4) is 0 Å². The number of benzene rings is 1. The molecule has 0 aliphatic rings. The van der Waals surface area contributed by atoms with Gasteiger partial charge in [-0.2, -0.15) is 0 Å². The van der Waals surface area contributed by atoms with Crippen LogP contribution in [0.5, 0.6) is 5.75 Å². The van der Waals surface area contributed by atoms with Gasteiger partial charge in [-0.3, -0.25) is 4.98 Å². The summed E-state index contributed by atoms with van der Waals surface area (Å²) < 4.78 is 10.6. The number of pyridine rings is 1. The fourth-order valence-corrected chi connectivity index (χ4v) is 2.31. The molecule has 0 saturated heterocycles. The number of methoxy groups -OCH3 is 1. The van der Waals surface area contributed by atoms with Crippen LogP contribution in [-0.4, -0.2) is 31.3 Å². The Morgan fingerprint density at radius 3 is 2.84 bits per heavy atom. The molecule has 2 amide bonds. The Kier molecular flexibility index (Phi) is 8.01. The van der Waals surface area contributed by atoms with E-state index in [4.69, 9.17) is 21.1 Å². The first-order chi connectivity index (χ1) is 12.2. The van der Waals surface area contributed by atoms with Crippen molar-refractivity contribution in [3.05, 3.63) is 53.3 Å². The van der Waals surface area contributed by atoms with E-state index >= 15 is 0 Å². The third-order valence-electron chi connectivity index (χ3n) is 3.35. The molecule has 7 heteroatoms. The molecule has 1 aromatic carbocycles. The van der Waals surface area contributed by atoms with E-state index in [0.29, 0.717) is 36.2 Å². The van der Waals surface area contributed by atoms with E-state index in [9.17, 15) is 4.79 Å². The maximum Gasteiger partial charge on any atom is 0.319 e. The van der Waals surface area contributed by atoms with E-state index in [1.165, 1.54) is 0 Å². The molecule has 0 aliphatic heterocycles. The van der Waals surface area contributed by atoms with Crippen LogP contribution in [0.2, 0.25) is 5.02 Å². The smallest absolute Gasteiger partial charge is 0.319 e. The number of aromatic nitrogens is 1. The number of carbonyl (C=O) groups excluding carboxylic acids is 1. The summed E-state index contributed by atoms with van der Waals surface area (Å²) in [5, 5.41) is 5.95. The lowest BCUT2D eigenvalue weighted by atomic mass is 10.3. The van der Waals surface area contributed by atoms with Crippen LogP contribution in [0.25, 0.3) is 0 Å². The fraction of sp³-hybridized carbons (Fsp3) is 0.333. The van der Waals surface area contributed by atoms with Gasteiger partial charge in [0, 0.05) is 32.1 Å². The zero-order chi connectivity index (χ0) is 17.9. The van der Waals surface area contributed by atoms with Crippen LogP contribution < -0.4 is 15.4 Å². The summed E-state index contributed by atoms with van der Waals surface area (Å²) in [4.78, 5) is 16.0. The van der Waals surface area contributed by atoms with Crippen LogP contribution in [0, 0.1) is 0 Å². The van der Waals surface area contributed by atoms with Gasteiger partial charge in [-0.25, -0.2) is 4.79 Å². The lowest BCUT2D eigenvalue weighted by molar-refractivity contribution is 0.192. The molecule has 0 atom stereocenters. The number of anilines is 1. The lowest BCUT2D eigenvalue weighted by Gasteiger charge is -2.11. The number of amides is 2. The number of halogens is 1. The largest absolute Gasteiger partial charge is 0.486 e. The zero-order valence-electron chi connectivity index (χ0n) is 14.1. The lowest BCUT2D eigenvalue weighted by Crippen LogP contribution is -2.29. The summed E-state index contributed by atoms with van der Waals surface area (Å²) in [6, 6.07) is 10.5. The molecule has 1 aromatic heterocycles. The first-order valence-corrected chi connectivity index (χ1v) is 8.43. The third-order valence-corrected chi connectivity index (χ3v) is 3.65. The molecular weight excluding hydrogens is 342 g/mol. The molecule has 2 rings (SSSR count). The van der Waals surface area contributed by atoms with Crippen molar-refractivity contribution in [2.45, 2.75) is 19.4 Å². The highest BCUT2D eigenvalue weighted by molar-refractivity contribution is 6.32. The Morgan fingerprint density at radius 2 is 2.12 bits per heavy atom. The van der Waals surface area contributed by atoms with Crippen molar-refractivity contribution in [3.8, 4) is 5.75 Å². The van der Waals surface area contributed by atoms with E-state index < -0.39 is 0 Å². The second-order valence-corrected chi connectivity index (χ2v) is 5.74. The van der Waals surface area contributed by atoms with Crippen LogP contribution in [0.15, 0.2) is 42.6 Å². The molecule has 0 radical (unpaired) electrons. The molecule has 25 heavy (non-hydrogen) atoms. The molecule has 0 saturated carbocycles. The minimum atomic E-state index is -0.268. The maximum absolute atomic E-state index is 11.8. The maximum atomic E-state index is 11.8. The van der Waals surface area contributed by atoms with E-state index in [-0.39, 0.29) is 6.03 Å². The van der Waals surface area contributed by atoms with Gasteiger partial charge >= 0.3 is 6.03 Å². The fourth-order valence-electron chi connectivity index (χ4n) is 2.08. The summed E-state index contributed by atoms with van der Waals surface area (Å²) in [6.45, 7) is 1.61. The number of hydrogen-bond donors (Lipinski definition) is 2. The number of nitrogens with one attached hydrogen (secondary N) is 2. The van der Waals surface area contributed by atoms with Crippen molar-refractivity contribution in [1.82, 2.24) is 10.3 Å². The van der Waals surface area contributed by atoms with Crippen molar-refractivity contribution < 1.29 is 14.3 Å². The van der Waals surface area contributed by atoms with Gasteiger partial charge < -0.3 is 20.1 Å². The van der Waals surface area contributed by atoms with E-state index in [1.54, 1.807) is 31.5 Å². The second-order valence-electron chi connectivity index (χ2n) is 5.34. The average Bonchev–Trinajstić information content (AvgIpc) is 2.62. The Hall–Kier alpha value is -2.31. The van der Waals surface area contributed by atoms with E-state index in [1.807, 2.05) is 18.2 Å². The molecule has 6 nitrogen and oxygen atoms in total. The quantitative estimate of drug-likeness (QED) is 0.663. The first kappa shape index (κ1) is 19.0. The van der Waals surface area contributed by atoms with Crippen molar-refractivity contribution in [1.29, 1.82) is 0 Å². The summed E-state index contributed by atoms with van der Waals surface area (Å²) >= 11 is 6.21. The zero-order valence-corrected chi connectivity index (χ0v) is 14.9. The predicted octanol–water partition coefficient (Wildman–Crippen LogP) is 3.86. The van der Waals surface area contributed by atoms with Crippen LogP contribution in [0.1, 0.15) is 18.5 Å². The van der Waals surface area contributed by atoms with Gasteiger partial charge in [0.2, 0.25) is 0 Å². The molecule has 0 aliphatic carbocycles. The van der Waals surface area contributed by atoms with Crippen molar-refractivity contribution in [3.63, 3.8) is 0 Å². The number of rotatable bonds is 9. The minimum absolute atomic E-state index is 0.268. The number of unbranched alkanes of at least 4 members (excludes halogenated alkanes) is 1. The second kappa shape index (κ2) is 10.5. The topological polar surface area (TPSA) is 72.5 Å². The Morgan fingerprint density at radius 1 is 1.24 bits per heavy atom. The predicted molar refractivity (Wildman–Crippen MR) is 98.2 cm³/mol. The van der Waals surface area contributed by atoms with E-state index in [0.717, 1.165) is 18.5 Å². The molecule has 0 fully saturated rings. The SMILES string of the molecule is COCCCCNC(=O)Nc1ccc(OCc2ccccn2)c(Cl)c1. The number of nitrogens with zero attached hydrogens (tertiary/aromatic N) is 1. The standard InChI is InChI=1S/C18H22ClN3O3/c1-24-11-5-4-10-21-18(23)22-14-7-8-17(16(19)12-14)25-13-15-6-2-3-9-20-15/h2-3,6-9,12H,4-5,10-11,13H2,1H3,(H2,21,22,23). The first-order valence-electron chi connectivity index (χ1n) is 8.05. The normalized spacial score (nSPS) is 10.3. The third kappa shape index (κ3) is 6.99. The van der Waals surface area contributed by atoms with Crippen LogP contribution >= 0.6 is 11.6 Å². The molecular formula is C18H22ClN3O3. The Bertz CT molecular complexity index is 668. The van der Waals surface area contributed by atoms with Gasteiger partial charge in [0.15, 0.2) is 0 Å². The minimum Gasteiger partial charge on any atom is -0.486 e. The summed E-state index contributed by atoms with van der Waals surface area (Å²) in [6.07, 6.45) is 3.48. The number of ether oxygens (including phenoxy) is 2. The monoisotopic (exact) mass is 363 g/mol. The van der Waals surface area contributed by atoms with Gasteiger partial charge in [-0.15, -0.1) is 0 Å². The summed E-state index contributed by atoms with van der Waals surface area (Å²) in [5.74, 6) is 0.540. The average molecular weight is 364 g/mol. The number of carbonyl (C=O) groups is 1. The van der Waals surface area contributed by atoms with Crippen LogP contribution in [0.4, 0.5) is 10.5 Å². The Balaban J connectivity index is 1.79. The van der Waals surface area contributed by atoms with Gasteiger partial charge in [0.1, 0.15) is 12.4 Å². The van der Waals surface area contributed by atoms with Gasteiger partial charge in [0.25, 0.3) is 0 Å². The molecule has 2 N–H and O–H groups in total. The van der Waals surface area contributed by atoms with Gasteiger partial charge in [0.05, 0.1) is 10.7 Å². The summed E-state index contributed by atoms with van der Waals surface area (Å²) in [5.41, 5.74) is 1.41. The molecule has 0 unspecified atom stereocenters. The Labute approximate surface area is 152 Å². The van der Waals surface area contributed by atoms with Gasteiger partial charge in [-0.1, -0.05) is 17.7 Å². The van der Waals surface area contributed by atoms with Crippen molar-refractivity contribution in [2.75, 3.05) is 25.6 Å². The number of urea groups is 1. The highest BCUT2D eigenvalue weighted by Gasteiger charge is 2.06. The highest BCUT2D eigenvalue weighted by atomic mass is 35.5. The molecule has 1 heterocycles. The summed E-state index contributed by atoms with van der Waals surface area (Å²) in [7, 11) is 1.66. The number of hydrogen-bond acceptors (Lipinski definition) is 4. The van der Waals surface area contributed by atoms with Crippen LogP contribution in [-0.2, 0) is 11.3 Å².